The number of aromatic nitrogens is 3. The van der Waals surface area contributed by atoms with E-state index in [9.17, 15) is 0 Å². The van der Waals surface area contributed by atoms with Crippen molar-refractivity contribution in [2.75, 3.05) is 0 Å². The smallest absolute Gasteiger partial charge is 0.138 e. The van der Waals surface area contributed by atoms with Crippen molar-refractivity contribution in [1.82, 2.24) is 14.8 Å². The van der Waals surface area contributed by atoms with Gasteiger partial charge in [-0.3, -0.25) is 4.68 Å². The molecular weight excluding hydrogens is 188 g/mol. The van der Waals surface area contributed by atoms with Gasteiger partial charge in [0.1, 0.15) is 12.2 Å². The summed E-state index contributed by atoms with van der Waals surface area (Å²) in [5, 5.41) is 4.07. The molecule has 0 bridgehead atoms. The standard InChI is InChI=1S/C11H20N4/c1-8-4-3-5-9(8)10(12)6-11-13-7-14-15(11)2/h7-10H,3-6,12H2,1-2H3. The second kappa shape index (κ2) is 4.31. The fraction of sp³-hybridized carbons (Fsp3) is 0.818. The Hall–Kier alpha value is -0.900. The van der Waals surface area contributed by atoms with Gasteiger partial charge < -0.3 is 5.73 Å². The molecule has 1 aliphatic carbocycles. The SMILES string of the molecule is CC1CCCC1C(N)Cc1ncnn1C. The summed E-state index contributed by atoms with van der Waals surface area (Å²) in [7, 11) is 1.92. The number of aryl methyl sites for hydroxylation is 1. The number of rotatable bonds is 3. The van der Waals surface area contributed by atoms with Crippen LogP contribution in [-0.4, -0.2) is 20.8 Å². The van der Waals surface area contributed by atoms with Crippen molar-refractivity contribution >= 4 is 0 Å². The van der Waals surface area contributed by atoms with Gasteiger partial charge in [-0.25, -0.2) is 4.98 Å². The lowest BCUT2D eigenvalue weighted by molar-refractivity contribution is 0.337. The van der Waals surface area contributed by atoms with E-state index in [0.717, 1.165) is 18.2 Å². The minimum Gasteiger partial charge on any atom is -0.327 e. The minimum absolute atomic E-state index is 0.241. The van der Waals surface area contributed by atoms with Gasteiger partial charge in [0.2, 0.25) is 0 Å². The highest BCUT2D eigenvalue weighted by Gasteiger charge is 2.29. The fourth-order valence-electron chi connectivity index (χ4n) is 2.68. The van der Waals surface area contributed by atoms with E-state index in [-0.39, 0.29) is 6.04 Å². The van der Waals surface area contributed by atoms with Crippen molar-refractivity contribution in [3.63, 3.8) is 0 Å². The first-order valence-electron chi connectivity index (χ1n) is 5.77. The molecular formula is C11H20N4. The van der Waals surface area contributed by atoms with E-state index in [4.69, 9.17) is 5.73 Å². The van der Waals surface area contributed by atoms with E-state index in [1.54, 1.807) is 6.33 Å². The van der Waals surface area contributed by atoms with E-state index < -0.39 is 0 Å². The number of nitrogens with zero attached hydrogens (tertiary/aromatic N) is 3. The molecule has 3 unspecified atom stereocenters. The van der Waals surface area contributed by atoms with Gasteiger partial charge in [-0.15, -0.1) is 0 Å². The van der Waals surface area contributed by atoms with Gasteiger partial charge >= 0.3 is 0 Å². The van der Waals surface area contributed by atoms with Crippen LogP contribution in [0.15, 0.2) is 6.33 Å². The monoisotopic (exact) mass is 208 g/mol. The van der Waals surface area contributed by atoms with E-state index in [2.05, 4.69) is 17.0 Å². The van der Waals surface area contributed by atoms with Crippen LogP contribution >= 0.6 is 0 Å². The van der Waals surface area contributed by atoms with Crippen LogP contribution in [0.5, 0.6) is 0 Å². The highest BCUT2D eigenvalue weighted by molar-refractivity contribution is 4.92. The topological polar surface area (TPSA) is 56.7 Å². The lowest BCUT2D eigenvalue weighted by Crippen LogP contribution is -2.34. The van der Waals surface area contributed by atoms with Crippen LogP contribution < -0.4 is 5.73 Å². The third kappa shape index (κ3) is 2.20. The molecule has 1 aromatic rings. The highest BCUT2D eigenvalue weighted by Crippen LogP contribution is 2.33. The normalized spacial score (nSPS) is 28.2. The maximum absolute atomic E-state index is 6.25. The van der Waals surface area contributed by atoms with Crippen LogP contribution in [0.25, 0.3) is 0 Å². The van der Waals surface area contributed by atoms with Crippen LogP contribution in [0, 0.1) is 11.8 Å². The van der Waals surface area contributed by atoms with Crippen LogP contribution in [0.4, 0.5) is 0 Å². The van der Waals surface area contributed by atoms with Crippen molar-refractivity contribution in [3.8, 4) is 0 Å². The van der Waals surface area contributed by atoms with Gasteiger partial charge in [0, 0.05) is 19.5 Å². The van der Waals surface area contributed by atoms with Crippen molar-refractivity contribution in [1.29, 1.82) is 0 Å². The minimum atomic E-state index is 0.241. The van der Waals surface area contributed by atoms with E-state index in [1.165, 1.54) is 19.3 Å². The molecule has 1 fully saturated rings. The van der Waals surface area contributed by atoms with Gasteiger partial charge in [0.25, 0.3) is 0 Å². The molecule has 0 amide bonds. The lowest BCUT2D eigenvalue weighted by atomic mass is 9.89. The second-order valence-electron chi connectivity index (χ2n) is 4.74. The Bertz CT molecular complexity index is 320. The zero-order valence-corrected chi connectivity index (χ0v) is 9.56. The average molecular weight is 208 g/mol. The van der Waals surface area contributed by atoms with Gasteiger partial charge in [0.05, 0.1) is 0 Å². The maximum atomic E-state index is 6.25. The second-order valence-corrected chi connectivity index (χ2v) is 4.74. The van der Waals surface area contributed by atoms with Crippen molar-refractivity contribution in [3.05, 3.63) is 12.2 Å². The Morgan fingerprint density at radius 3 is 2.93 bits per heavy atom. The molecule has 0 spiro atoms. The molecule has 1 aliphatic rings. The average Bonchev–Trinajstić information content (AvgIpc) is 2.76. The third-order valence-corrected chi connectivity index (χ3v) is 3.70. The molecule has 0 aliphatic heterocycles. The van der Waals surface area contributed by atoms with E-state index >= 15 is 0 Å². The van der Waals surface area contributed by atoms with Crippen LogP contribution in [0.3, 0.4) is 0 Å². The summed E-state index contributed by atoms with van der Waals surface area (Å²) in [6.07, 6.45) is 6.39. The third-order valence-electron chi connectivity index (χ3n) is 3.70. The molecule has 0 radical (unpaired) electrons. The molecule has 1 aromatic heterocycles. The Morgan fingerprint density at radius 2 is 2.40 bits per heavy atom. The first-order valence-corrected chi connectivity index (χ1v) is 5.77. The number of hydrogen-bond acceptors (Lipinski definition) is 3. The molecule has 3 atom stereocenters. The Labute approximate surface area is 90.9 Å². The Morgan fingerprint density at radius 1 is 1.60 bits per heavy atom. The number of hydrogen-bond donors (Lipinski definition) is 1. The molecule has 4 nitrogen and oxygen atoms in total. The van der Waals surface area contributed by atoms with E-state index in [1.807, 2.05) is 11.7 Å². The van der Waals surface area contributed by atoms with Crippen LogP contribution in [-0.2, 0) is 13.5 Å². The van der Waals surface area contributed by atoms with Gasteiger partial charge in [-0.05, 0) is 18.3 Å². The quantitative estimate of drug-likeness (QED) is 0.810. The molecule has 0 aromatic carbocycles. The predicted molar refractivity (Wildman–Crippen MR) is 59.2 cm³/mol. The zero-order valence-electron chi connectivity index (χ0n) is 9.56. The molecule has 4 heteroatoms. The summed E-state index contributed by atoms with van der Waals surface area (Å²) in [6, 6.07) is 0.241. The number of nitrogens with two attached hydrogens (primary N) is 1. The zero-order chi connectivity index (χ0) is 10.8. The van der Waals surface area contributed by atoms with Gasteiger partial charge in [-0.2, -0.15) is 5.10 Å². The molecule has 15 heavy (non-hydrogen) atoms. The lowest BCUT2D eigenvalue weighted by Gasteiger charge is -2.22. The highest BCUT2D eigenvalue weighted by atomic mass is 15.3. The van der Waals surface area contributed by atoms with Crippen molar-refractivity contribution in [2.24, 2.45) is 24.6 Å². The van der Waals surface area contributed by atoms with Gasteiger partial charge in [-0.1, -0.05) is 19.8 Å². The van der Waals surface area contributed by atoms with E-state index in [0.29, 0.717) is 5.92 Å². The van der Waals surface area contributed by atoms with Crippen LogP contribution in [0.2, 0.25) is 0 Å². The summed E-state index contributed by atoms with van der Waals surface area (Å²) >= 11 is 0. The fourth-order valence-corrected chi connectivity index (χ4v) is 2.68. The molecule has 2 rings (SSSR count). The maximum Gasteiger partial charge on any atom is 0.138 e. The molecule has 1 saturated carbocycles. The summed E-state index contributed by atoms with van der Waals surface area (Å²) in [6.45, 7) is 2.31. The summed E-state index contributed by atoms with van der Waals surface area (Å²) in [5.41, 5.74) is 6.25. The molecule has 1 heterocycles. The Kier molecular flexibility index (Phi) is 3.05. The predicted octanol–water partition coefficient (Wildman–Crippen LogP) is 1.12. The van der Waals surface area contributed by atoms with Crippen molar-refractivity contribution < 1.29 is 0 Å². The van der Waals surface area contributed by atoms with Crippen LogP contribution in [0.1, 0.15) is 32.0 Å². The molecule has 0 saturated heterocycles. The summed E-state index contributed by atoms with van der Waals surface area (Å²) in [4.78, 5) is 4.22. The molecule has 84 valence electrons. The van der Waals surface area contributed by atoms with Crippen molar-refractivity contribution in [2.45, 2.75) is 38.6 Å². The first kappa shape index (κ1) is 10.6. The van der Waals surface area contributed by atoms with Gasteiger partial charge in [0.15, 0.2) is 0 Å². The first-order chi connectivity index (χ1) is 7.18. The summed E-state index contributed by atoms with van der Waals surface area (Å²) in [5.74, 6) is 2.44. The summed E-state index contributed by atoms with van der Waals surface area (Å²) < 4.78 is 1.82. The molecule has 2 N–H and O–H groups in total. The largest absolute Gasteiger partial charge is 0.327 e. The Balaban J connectivity index is 1.97.